The summed E-state index contributed by atoms with van der Waals surface area (Å²) in [5.41, 5.74) is 1.18. The number of aromatic hydroxyl groups is 1. The monoisotopic (exact) mass is 496 g/mol. The van der Waals surface area contributed by atoms with Gasteiger partial charge in [0.05, 0.1) is 24.3 Å². The van der Waals surface area contributed by atoms with E-state index in [0.29, 0.717) is 40.5 Å². The lowest BCUT2D eigenvalue weighted by atomic mass is 10.0. The number of hydrogen-bond acceptors (Lipinski definition) is 8. The smallest absolute Gasteiger partial charge is 0.339 e. The van der Waals surface area contributed by atoms with Crippen LogP contribution < -0.4 is 15.4 Å². The number of hydrogen-bond donors (Lipinski definition) is 4. The van der Waals surface area contributed by atoms with Gasteiger partial charge in [0.1, 0.15) is 23.6 Å². The van der Waals surface area contributed by atoms with Gasteiger partial charge in [-0.3, -0.25) is 4.79 Å². The van der Waals surface area contributed by atoms with Crippen molar-refractivity contribution in [2.75, 3.05) is 19.5 Å². The molecular formula is C23H32N2O6S2. The number of phenolic OH excluding ortho intramolecular Hbond substituents is 1. The van der Waals surface area contributed by atoms with Gasteiger partial charge in [0.25, 0.3) is 0 Å². The molecule has 0 bridgehead atoms. The van der Waals surface area contributed by atoms with Crippen LogP contribution >= 0.6 is 24.0 Å². The van der Waals surface area contributed by atoms with E-state index < -0.39 is 18.1 Å². The first kappa shape index (κ1) is 25.6. The van der Waals surface area contributed by atoms with E-state index in [4.69, 9.17) is 21.7 Å². The summed E-state index contributed by atoms with van der Waals surface area (Å²) in [4.78, 5) is 26.5. The first-order chi connectivity index (χ1) is 15.8. The minimum atomic E-state index is -0.767. The quantitative estimate of drug-likeness (QED) is 0.369. The molecule has 1 aliphatic heterocycles. The van der Waals surface area contributed by atoms with E-state index in [1.54, 1.807) is 6.92 Å². The van der Waals surface area contributed by atoms with Crippen molar-refractivity contribution in [3.63, 3.8) is 0 Å². The number of ether oxygens (including phenoxy) is 2. The largest absolute Gasteiger partial charge is 0.507 e. The normalized spacial score (nSPS) is 22.8. The van der Waals surface area contributed by atoms with Crippen LogP contribution in [0, 0.1) is 6.92 Å². The third-order valence-electron chi connectivity index (χ3n) is 6.10. The van der Waals surface area contributed by atoms with Crippen LogP contribution in [0.3, 0.4) is 0 Å². The first-order valence-electron chi connectivity index (χ1n) is 11.2. The predicted molar refractivity (Wildman–Crippen MR) is 131 cm³/mol. The van der Waals surface area contributed by atoms with E-state index in [0.717, 1.165) is 25.7 Å². The maximum Gasteiger partial charge on any atom is 0.339 e. The van der Waals surface area contributed by atoms with Gasteiger partial charge in [-0.1, -0.05) is 25.1 Å². The second kappa shape index (κ2) is 11.9. The number of methoxy groups -OCH3 is 1. The zero-order chi connectivity index (χ0) is 24.0. The molecule has 1 aromatic carbocycles. The van der Waals surface area contributed by atoms with Crippen LogP contribution in [0.15, 0.2) is 6.07 Å². The van der Waals surface area contributed by atoms with E-state index >= 15 is 0 Å². The Morgan fingerprint density at radius 1 is 1.36 bits per heavy atom. The van der Waals surface area contributed by atoms with E-state index in [1.807, 2.05) is 0 Å². The van der Waals surface area contributed by atoms with Crippen LogP contribution in [0.2, 0.25) is 0 Å². The SMILES string of the molecule is COc1cc(O)c2c(c1C)C(=O)O[C@H](CO)CCC(=S)N[C@H](C(=O)NC1CCCC1)CSC2. The number of fused-ring (bicyclic) bond motifs is 1. The van der Waals surface area contributed by atoms with Crippen molar-refractivity contribution in [1.82, 2.24) is 10.6 Å². The lowest BCUT2D eigenvalue weighted by molar-refractivity contribution is -0.122. The number of carbonyl (C=O) groups excluding carboxylic acids is 2. The lowest BCUT2D eigenvalue weighted by Gasteiger charge is -2.22. The number of rotatable bonds is 4. The Balaban J connectivity index is 1.88. The van der Waals surface area contributed by atoms with Gasteiger partial charge in [0.2, 0.25) is 5.91 Å². The number of thiocarbonyl (C=S) groups is 1. The van der Waals surface area contributed by atoms with Gasteiger partial charge in [-0.05, 0) is 26.2 Å². The summed E-state index contributed by atoms with van der Waals surface area (Å²) >= 11 is 6.86. The Morgan fingerprint density at radius 2 is 2.09 bits per heavy atom. The van der Waals surface area contributed by atoms with Crippen LogP contribution in [-0.4, -0.2) is 64.7 Å². The Labute approximate surface area is 203 Å². The Bertz CT molecular complexity index is 888. The molecule has 1 amide bonds. The molecule has 0 aromatic heterocycles. The number of aliphatic hydroxyl groups excluding tert-OH is 1. The van der Waals surface area contributed by atoms with Gasteiger partial charge in [0, 0.05) is 41.2 Å². The summed E-state index contributed by atoms with van der Waals surface area (Å²) in [6, 6.07) is 1.12. The highest BCUT2D eigenvalue weighted by Crippen LogP contribution is 2.36. The van der Waals surface area contributed by atoms with Crippen molar-refractivity contribution in [2.45, 2.75) is 69.4 Å². The van der Waals surface area contributed by atoms with Crippen molar-refractivity contribution >= 4 is 40.8 Å². The lowest BCUT2D eigenvalue weighted by Crippen LogP contribution is -2.50. The summed E-state index contributed by atoms with van der Waals surface area (Å²) in [6.45, 7) is 1.36. The third-order valence-corrected chi connectivity index (χ3v) is 7.49. The second-order valence-corrected chi connectivity index (χ2v) is 9.97. The van der Waals surface area contributed by atoms with E-state index in [1.165, 1.54) is 24.9 Å². The number of amides is 1. The molecule has 4 N–H and O–H groups in total. The second-order valence-electron chi connectivity index (χ2n) is 8.45. The molecule has 33 heavy (non-hydrogen) atoms. The van der Waals surface area contributed by atoms with Gasteiger partial charge in [-0.2, -0.15) is 11.8 Å². The Kier molecular flexibility index (Phi) is 9.22. The molecule has 0 radical (unpaired) electrons. The maximum absolute atomic E-state index is 13.0. The highest BCUT2D eigenvalue weighted by Gasteiger charge is 2.28. The fourth-order valence-electron chi connectivity index (χ4n) is 4.22. The zero-order valence-corrected chi connectivity index (χ0v) is 20.7. The molecule has 10 heteroatoms. The van der Waals surface area contributed by atoms with Gasteiger partial charge >= 0.3 is 5.97 Å². The van der Waals surface area contributed by atoms with Crippen LogP contribution in [0.25, 0.3) is 0 Å². The number of carbonyl (C=O) groups is 2. The summed E-state index contributed by atoms with van der Waals surface area (Å²) in [7, 11) is 1.46. The van der Waals surface area contributed by atoms with Crippen molar-refractivity contribution < 1.29 is 29.3 Å². The summed E-state index contributed by atoms with van der Waals surface area (Å²) in [6.07, 6.45) is 4.10. The molecule has 1 heterocycles. The number of phenols is 1. The first-order valence-corrected chi connectivity index (χ1v) is 12.8. The van der Waals surface area contributed by atoms with Gasteiger partial charge in [-0.25, -0.2) is 4.79 Å². The number of aliphatic hydroxyl groups is 1. The van der Waals surface area contributed by atoms with E-state index in [-0.39, 0.29) is 35.6 Å². The molecule has 0 saturated heterocycles. The summed E-state index contributed by atoms with van der Waals surface area (Å²) in [5.74, 6) is 0.240. The number of cyclic esters (lactones) is 1. The van der Waals surface area contributed by atoms with Crippen molar-refractivity contribution in [1.29, 1.82) is 0 Å². The Morgan fingerprint density at radius 3 is 2.76 bits per heavy atom. The molecule has 2 aliphatic rings. The van der Waals surface area contributed by atoms with Crippen LogP contribution in [0.1, 0.15) is 60.0 Å². The molecule has 1 aromatic rings. The molecule has 8 nitrogen and oxygen atoms in total. The van der Waals surface area contributed by atoms with Crippen LogP contribution in [-0.2, 0) is 15.3 Å². The molecule has 1 saturated carbocycles. The standard InChI is InChI=1S/C23H32N2O6S2/c1-13-19(30-2)9-18(27)16-11-33-12-17(22(28)24-14-5-3-4-6-14)25-20(32)8-7-15(10-26)31-23(29)21(13)16/h9,14-15,17,26-27H,3-8,10-12H2,1-2H3,(H,24,28)(H,25,32)/t15-,17-/m0/s1. The zero-order valence-electron chi connectivity index (χ0n) is 19.0. The molecule has 0 unspecified atom stereocenters. The average Bonchev–Trinajstić information content (AvgIpc) is 3.30. The minimum absolute atomic E-state index is 0.0808. The van der Waals surface area contributed by atoms with Crippen molar-refractivity contribution in [3.8, 4) is 11.5 Å². The topological polar surface area (TPSA) is 117 Å². The van der Waals surface area contributed by atoms with Crippen molar-refractivity contribution in [2.24, 2.45) is 0 Å². The average molecular weight is 497 g/mol. The molecule has 1 aliphatic carbocycles. The van der Waals surface area contributed by atoms with E-state index in [2.05, 4.69) is 10.6 Å². The minimum Gasteiger partial charge on any atom is -0.507 e. The number of esters is 1. The van der Waals surface area contributed by atoms with Crippen LogP contribution in [0.4, 0.5) is 0 Å². The molecule has 3 rings (SSSR count). The van der Waals surface area contributed by atoms with E-state index in [9.17, 15) is 19.8 Å². The van der Waals surface area contributed by atoms with Crippen molar-refractivity contribution in [3.05, 3.63) is 22.8 Å². The predicted octanol–water partition coefficient (Wildman–Crippen LogP) is 2.60. The maximum atomic E-state index is 13.0. The Hall–Kier alpha value is -2.04. The third kappa shape index (κ3) is 6.51. The van der Waals surface area contributed by atoms with Gasteiger partial charge in [-0.15, -0.1) is 0 Å². The van der Waals surface area contributed by atoms with Gasteiger partial charge in [0.15, 0.2) is 0 Å². The van der Waals surface area contributed by atoms with Gasteiger partial charge < -0.3 is 30.3 Å². The summed E-state index contributed by atoms with van der Waals surface area (Å²) < 4.78 is 10.9. The number of thioether (sulfide) groups is 1. The fraction of sp³-hybridized carbons (Fsp3) is 0.609. The van der Waals surface area contributed by atoms with Crippen LogP contribution in [0.5, 0.6) is 11.5 Å². The molecule has 2 atom stereocenters. The molecular weight excluding hydrogens is 464 g/mol. The summed E-state index contributed by atoms with van der Waals surface area (Å²) in [5, 5.41) is 26.6. The highest BCUT2D eigenvalue weighted by atomic mass is 32.2. The molecule has 1 fully saturated rings. The highest BCUT2D eigenvalue weighted by molar-refractivity contribution is 7.98. The molecule has 0 spiro atoms. The number of benzene rings is 1. The number of nitrogens with one attached hydrogen (secondary N) is 2. The fourth-order valence-corrected chi connectivity index (χ4v) is 5.57. The molecule has 182 valence electrons.